The minimum atomic E-state index is 0.0964. The molecule has 4 rings (SSSR count). The Kier molecular flexibility index (Phi) is 4.11. The molecule has 3 heterocycles. The maximum atomic E-state index is 9.43. The summed E-state index contributed by atoms with van der Waals surface area (Å²) in [7, 11) is 0. The molecule has 1 fully saturated rings. The molecule has 1 aromatic carbocycles. The zero-order chi connectivity index (χ0) is 17.4. The van der Waals surface area contributed by atoms with Gasteiger partial charge in [0.05, 0.1) is 5.39 Å². The predicted octanol–water partition coefficient (Wildman–Crippen LogP) is 2.31. The van der Waals surface area contributed by atoms with E-state index in [9.17, 15) is 5.26 Å². The largest absolute Gasteiger partial charge is 0.340 e. The Balaban J connectivity index is 1.70. The fraction of sp³-hybridized carbons (Fsp3) is 0.294. The number of nitrogens with one attached hydrogen (secondary N) is 1. The smallest absolute Gasteiger partial charge is 0.228 e. The van der Waals surface area contributed by atoms with Crippen molar-refractivity contribution in [3.63, 3.8) is 0 Å². The Hall–Kier alpha value is -2.50. The first kappa shape index (κ1) is 16.0. The lowest BCUT2D eigenvalue weighted by molar-refractivity contribution is 0.436. The monoisotopic (exact) mass is 397 g/mol. The molecule has 2 unspecified atom stereocenters. The van der Waals surface area contributed by atoms with Crippen LogP contribution in [0.4, 0.5) is 5.95 Å². The molecule has 1 saturated heterocycles. The molecule has 0 spiro atoms. The molecule has 0 radical (unpaired) electrons. The quantitative estimate of drug-likeness (QED) is 0.686. The molecular formula is C17H16BrN7. The first-order valence-electron chi connectivity index (χ1n) is 8.04. The normalized spacial score (nSPS) is 20.6. The van der Waals surface area contributed by atoms with Gasteiger partial charge in [-0.2, -0.15) is 15.3 Å². The van der Waals surface area contributed by atoms with E-state index in [2.05, 4.69) is 59.2 Å². The van der Waals surface area contributed by atoms with Gasteiger partial charge >= 0.3 is 0 Å². The van der Waals surface area contributed by atoms with Crippen LogP contribution < -0.4 is 10.6 Å². The fourth-order valence-corrected chi connectivity index (χ4v) is 3.77. The first-order chi connectivity index (χ1) is 12.2. The number of fused-ring (bicyclic) bond motifs is 1. The number of nitrogens with zero attached hydrogens (tertiary/aromatic N) is 5. The molecule has 1 aliphatic heterocycles. The standard InChI is InChI=1S/C17H16BrN7/c18-15-14-13(8-19)21-17(22-16(14)24-23-15)25-7-6-12(20)11(9-25)10-4-2-1-3-5-10/h1-5,11-12H,6-7,9,20H2,(H,21,22,23,24). The van der Waals surface area contributed by atoms with Crippen molar-refractivity contribution in [2.75, 3.05) is 18.0 Å². The number of hydrogen-bond acceptors (Lipinski definition) is 6. The molecular weight excluding hydrogens is 382 g/mol. The van der Waals surface area contributed by atoms with Gasteiger partial charge in [0, 0.05) is 25.0 Å². The highest BCUT2D eigenvalue weighted by molar-refractivity contribution is 9.10. The number of piperidine rings is 1. The number of halogens is 1. The number of H-pyrrole nitrogens is 1. The summed E-state index contributed by atoms with van der Waals surface area (Å²) in [4.78, 5) is 11.1. The summed E-state index contributed by atoms with van der Waals surface area (Å²) >= 11 is 3.32. The molecule has 8 heteroatoms. The summed E-state index contributed by atoms with van der Waals surface area (Å²) in [5.41, 5.74) is 8.44. The lowest BCUT2D eigenvalue weighted by Gasteiger charge is -2.37. The van der Waals surface area contributed by atoms with Crippen LogP contribution in [-0.2, 0) is 0 Å². The van der Waals surface area contributed by atoms with Crippen LogP contribution in [0.3, 0.4) is 0 Å². The molecule has 25 heavy (non-hydrogen) atoms. The van der Waals surface area contributed by atoms with Crippen LogP contribution in [0.2, 0.25) is 0 Å². The van der Waals surface area contributed by atoms with E-state index in [0.29, 0.717) is 27.3 Å². The van der Waals surface area contributed by atoms with Crippen molar-refractivity contribution in [1.82, 2.24) is 20.2 Å². The summed E-state index contributed by atoms with van der Waals surface area (Å²) in [5, 5.41) is 17.0. The van der Waals surface area contributed by atoms with Crippen LogP contribution in [0, 0.1) is 11.3 Å². The zero-order valence-electron chi connectivity index (χ0n) is 13.4. The Morgan fingerprint density at radius 3 is 2.84 bits per heavy atom. The van der Waals surface area contributed by atoms with E-state index < -0.39 is 0 Å². The summed E-state index contributed by atoms with van der Waals surface area (Å²) in [6.45, 7) is 1.48. The molecule has 2 atom stereocenters. The van der Waals surface area contributed by atoms with Crippen LogP contribution in [-0.4, -0.2) is 39.3 Å². The number of nitrogens with two attached hydrogens (primary N) is 1. The molecule has 0 aliphatic carbocycles. The van der Waals surface area contributed by atoms with Crippen molar-refractivity contribution >= 4 is 32.9 Å². The maximum Gasteiger partial charge on any atom is 0.228 e. The van der Waals surface area contributed by atoms with Gasteiger partial charge in [-0.25, -0.2) is 4.98 Å². The number of nitriles is 1. The van der Waals surface area contributed by atoms with Crippen LogP contribution in [0.5, 0.6) is 0 Å². The number of benzene rings is 1. The molecule has 0 bridgehead atoms. The number of rotatable bonds is 2. The summed E-state index contributed by atoms with van der Waals surface area (Å²) < 4.78 is 0.549. The predicted molar refractivity (Wildman–Crippen MR) is 98.1 cm³/mol. The zero-order valence-corrected chi connectivity index (χ0v) is 14.9. The Morgan fingerprint density at radius 2 is 2.08 bits per heavy atom. The minimum Gasteiger partial charge on any atom is -0.340 e. The van der Waals surface area contributed by atoms with Gasteiger partial charge in [-0.1, -0.05) is 30.3 Å². The van der Waals surface area contributed by atoms with Crippen molar-refractivity contribution in [3.05, 3.63) is 46.2 Å². The second-order valence-electron chi connectivity index (χ2n) is 6.14. The van der Waals surface area contributed by atoms with Gasteiger partial charge in [0.2, 0.25) is 5.95 Å². The second kappa shape index (κ2) is 6.43. The number of aromatic amines is 1. The van der Waals surface area contributed by atoms with Gasteiger partial charge in [0.15, 0.2) is 11.3 Å². The fourth-order valence-electron chi connectivity index (χ4n) is 3.31. The topological polar surface area (TPSA) is 108 Å². The summed E-state index contributed by atoms with van der Waals surface area (Å²) in [6, 6.07) is 12.5. The lowest BCUT2D eigenvalue weighted by Crippen LogP contribution is -2.46. The van der Waals surface area contributed by atoms with Gasteiger partial charge in [0.1, 0.15) is 10.7 Å². The molecule has 0 saturated carbocycles. The number of anilines is 1. The highest BCUT2D eigenvalue weighted by Gasteiger charge is 2.30. The average Bonchev–Trinajstić information content (AvgIpc) is 3.03. The highest BCUT2D eigenvalue weighted by Crippen LogP contribution is 2.30. The van der Waals surface area contributed by atoms with Gasteiger partial charge in [-0.3, -0.25) is 5.10 Å². The SMILES string of the molecule is N#Cc1nc(N2CCC(N)C(c3ccccc3)C2)nc2[nH]nc(Br)c12. The molecule has 7 nitrogen and oxygen atoms in total. The summed E-state index contributed by atoms with van der Waals surface area (Å²) in [6.07, 6.45) is 0.843. The Bertz CT molecular complexity index is 947. The Morgan fingerprint density at radius 1 is 1.28 bits per heavy atom. The Labute approximate surface area is 153 Å². The summed E-state index contributed by atoms with van der Waals surface area (Å²) in [5.74, 6) is 0.737. The van der Waals surface area contributed by atoms with Gasteiger partial charge in [0.25, 0.3) is 0 Å². The van der Waals surface area contributed by atoms with Gasteiger partial charge < -0.3 is 10.6 Å². The van der Waals surface area contributed by atoms with E-state index in [1.54, 1.807) is 0 Å². The minimum absolute atomic E-state index is 0.0964. The van der Waals surface area contributed by atoms with E-state index in [1.165, 1.54) is 5.56 Å². The van der Waals surface area contributed by atoms with Crippen LogP contribution in [0.25, 0.3) is 11.0 Å². The third-order valence-electron chi connectivity index (χ3n) is 4.65. The van der Waals surface area contributed by atoms with E-state index in [4.69, 9.17) is 5.73 Å². The third kappa shape index (κ3) is 2.86. The molecule has 126 valence electrons. The maximum absolute atomic E-state index is 9.43. The first-order valence-corrected chi connectivity index (χ1v) is 8.84. The average molecular weight is 398 g/mol. The van der Waals surface area contributed by atoms with Crippen LogP contribution >= 0.6 is 15.9 Å². The van der Waals surface area contributed by atoms with Crippen molar-refractivity contribution in [1.29, 1.82) is 5.26 Å². The van der Waals surface area contributed by atoms with Gasteiger partial charge in [-0.05, 0) is 27.9 Å². The van der Waals surface area contributed by atoms with Crippen LogP contribution in [0.15, 0.2) is 34.9 Å². The van der Waals surface area contributed by atoms with E-state index in [0.717, 1.165) is 19.5 Å². The molecule has 3 N–H and O–H groups in total. The van der Waals surface area contributed by atoms with Crippen molar-refractivity contribution < 1.29 is 0 Å². The molecule has 3 aromatic rings. The third-order valence-corrected chi connectivity index (χ3v) is 5.22. The van der Waals surface area contributed by atoms with E-state index in [1.807, 2.05) is 18.2 Å². The van der Waals surface area contributed by atoms with Crippen molar-refractivity contribution in [3.8, 4) is 6.07 Å². The molecule has 2 aromatic heterocycles. The molecule has 0 amide bonds. The highest BCUT2D eigenvalue weighted by atomic mass is 79.9. The number of aromatic nitrogens is 4. The number of hydrogen-bond donors (Lipinski definition) is 2. The molecule has 1 aliphatic rings. The van der Waals surface area contributed by atoms with Gasteiger partial charge in [-0.15, -0.1) is 0 Å². The van der Waals surface area contributed by atoms with Crippen LogP contribution in [0.1, 0.15) is 23.6 Å². The van der Waals surface area contributed by atoms with Crippen molar-refractivity contribution in [2.45, 2.75) is 18.4 Å². The van der Waals surface area contributed by atoms with Crippen molar-refractivity contribution in [2.24, 2.45) is 5.73 Å². The lowest BCUT2D eigenvalue weighted by atomic mass is 9.87. The van der Waals surface area contributed by atoms with E-state index >= 15 is 0 Å². The van der Waals surface area contributed by atoms with E-state index in [-0.39, 0.29) is 12.0 Å². The second-order valence-corrected chi connectivity index (χ2v) is 6.89.